The van der Waals surface area contributed by atoms with E-state index in [1.807, 2.05) is 0 Å². The Bertz CT molecular complexity index is 889. The number of anilines is 1. The van der Waals surface area contributed by atoms with Gasteiger partial charge in [-0.2, -0.15) is 0 Å². The molecule has 2 rings (SSSR count). The molecule has 1 aromatic rings. The summed E-state index contributed by atoms with van der Waals surface area (Å²) in [5.41, 5.74) is 8.62. The largest absolute Gasteiger partial charge is 0.444 e. The summed E-state index contributed by atoms with van der Waals surface area (Å²) in [5, 5.41) is 3.33. The van der Waals surface area contributed by atoms with Crippen LogP contribution >= 0.6 is 0 Å². The van der Waals surface area contributed by atoms with Crippen LogP contribution in [0.2, 0.25) is 0 Å². The van der Waals surface area contributed by atoms with E-state index in [2.05, 4.69) is 10.0 Å². The van der Waals surface area contributed by atoms with Crippen LogP contribution in [0, 0.1) is 0 Å². The number of hydrogen-bond acceptors (Lipinski definition) is 7. The van der Waals surface area contributed by atoms with Crippen LogP contribution in [0.3, 0.4) is 0 Å². The molecule has 1 atom stereocenters. The molecule has 1 aliphatic rings. The molecule has 13 heteroatoms. The molecule has 1 N–H and O–H groups in total. The summed E-state index contributed by atoms with van der Waals surface area (Å²) in [5.74, 6) is 0. The van der Waals surface area contributed by atoms with Gasteiger partial charge in [-0.15, -0.1) is 4.13 Å². The molecule has 0 spiro atoms. The number of nitrogens with one attached hydrogen (secondary N) is 1. The number of carbonyl (C=O) groups is 1. The van der Waals surface area contributed by atoms with Gasteiger partial charge < -0.3 is 4.74 Å². The van der Waals surface area contributed by atoms with E-state index >= 15 is 0 Å². The predicted molar refractivity (Wildman–Crippen MR) is 83.2 cm³/mol. The van der Waals surface area contributed by atoms with Crippen molar-refractivity contribution >= 4 is 31.8 Å². The Balaban J connectivity index is 2.18. The third-order valence-electron chi connectivity index (χ3n) is 2.94. The van der Waals surface area contributed by atoms with Crippen LogP contribution in [-0.2, 0) is 24.8 Å². The van der Waals surface area contributed by atoms with Crippen molar-refractivity contribution in [3.63, 3.8) is 0 Å². The minimum absolute atomic E-state index is 0.0104. The van der Waals surface area contributed by atoms with Gasteiger partial charge in [0.2, 0.25) is 10.0 Å². The van der Waals surface area contributed by atoms with Gasteiger partial charge in [-0.3, -0.25) is 4.90 Å². The molecule has 24 heavy (non-hydrogen) atoms. The molecule has 1 saturated heterocycles. The van der Waals surface area contributed by atoms with Crippen LogP contribution in [0.4, 0.5) is 10.5 Å². The quantitative estimate of drug-likeness (QED) is 0.434. The second-order valence-corrected chi connectivity index (χ2v) is 8.57. The molecule has 0 bridgehead atoms. The van der Waals surface area contributed by atoms with E-state index < -0.39 is 32.2 Å². The summed E-state index contributed by atoms with van der Waals surface area (Å²) in [4.78, 5) is 15.3. The third kappa shape index (κ3) is 4.35. The van der Waals surface area contributed by atoms with E-state index in [9.17, 15) is 21.6 Å². The SMILES string of the molecule is CS(=O)(=O)NS(=O)(=O)c1ccc(N2C[C@H](CN=[N+]=[N-])OC2=O)cc1. The Morgan fingerprint density at radius 3 is 2.50 bits per heavy atom. The molecule has 0 radical (unpaired) electrons. The lowest BCUT2D eigenvalue weighted by Gasteiger charge is -2.13. The molecular formula is C11H13N5O6S2. The summed E-state index contributed by atoms with van der Waals surface area (Å²) in [6.45, 7) is 0.134. The number of carbonyl (C=O) groups excluding carboxylic acids is 1. The first-order valence-electron chi connectivity index (χ1n) is 6.45. The van der Waals surface area contributed by atoms with Gasteiger partial charge in [-0.05, 0) is 29.8 Å². The number of sulfonamides is 2. The van der Waals surface area contributed by atoms with Gasteiger partial charge in [0.05, 0.1) is 24.2 Å². The number of cyclic esters (lactones) is 1. The van der Waals surface area contributed by atoms with E-state index in [0.717, 1.165) is 18.4 Å². The normalized spacial score (nSPS) is 18.1. The van der Waals surface area contributed by atoms with E-state index in [-0.39, 0.29) is 18.0 Å². The molecule has 1 fully saturated rings. The lowest BCUT2D eigenvalue weighted by molar-refractivity contribution is 0.145. The van der Waals surface area contributed by atoms with Gasteiger partial charge in [-0.1, -0.05) is 5.11 Å². The molecule has 1 aromatic carbocycles. The van der Waals surface area contributed by atoms with Gasteiger partial charge in [0.25, 0.3) is 10.0 Å². The fourth-order valence-corrected chi connectivity index (χ4v) is 4.48. The van der Waals surface area contributed by atoms with Crippen LogP contribution < -0.4 is 9.03 Å². The lowest BCUT2D eigenvalue weighted by Crippen LogP contribution is -2.29. The van der Waals surface area contributed by atoms with Crippen LogP contribution in [-0.4, -0.2) is 48.4 Å². The summed E-state index contributed by atoms with van der Waals surface area (Å²) >= 11 is 0. The molecule has 0 aromatic heterocycles. The highest BCUT2D eigenvalue weighted by Crippen LogP contribution is 2.23. The zero-order valence-corrected chi connectivity index (χ0v) is 14.0. The highest BCUT2D eigenvalue weighted by atomic mass is 32.3. The van der Waals surface area contributed by atoms with Crippen LogP contribution in [0.15, 0.2) is 34.3 Å². The van der Waals surface area contributed by atoms with Gasteiger partial charge in [0, 0.05) is 10.6 Å². The highest BCUT2D eigenvalue weighted by molar-refractivity contribution is 8.04. The molecule has 0 saturated carbocycles. The van der Waals surface area contributed by atoms with Gasteiger partial charge in [0.15, 0.2) is 0 Å². The predicted octanol–water partition coefficient (Wildman–Crippen LogP) is 0.560. The number of azide groups is 1. The van der Waals surface area contributed by atoms with Crippen molar-refractivity contribution in [1.29, 1.82) is 0 Å². The second kappa shape index (κ2) is 6.65. The van der Waals surface area contributed by atoms with Crippen molar-refractivity contribution in [1.82, 2.24) is 4.13 Å². The number of ether oxygens (including phenoxy) is 1. The summed E-state index contributed by atoms with van der Waals surface area (Å²) < 4.78 is 52.4. The molecule has 0 unspecified atom stereocenters. The zero-order chi connectivity index (χ0) is 18.0. The maximum atomic E-state index is 11.9. The number of hydrogen-bond donors (Lipinski definition) is 1. The van der Waals surface area contributed by atoms with E-state index in [1.165, 1.54) is 21.2 Å². The van der Waals surface area contributed by atoms with Crippen molar-refractivity contribution in [2.75, 3.05) is 24.2 Å². The molecule has 1 heterocycles. The molecule has 1 aliphatic heterocycles. The maximum absolute atomic E-state index is 11.9. The molecule has 11 nitrogen and oxygen atoms in total. The van der Waals surface area contributed by atoms with Crippen molar-refractivity contribution in [3.05, 3.63) is 34.7 Å². The van der Waals surface area contributed by atoms with Gasteiger partial charge in [0.1, 0.15) is 6.10 Å². The van der Waals surface area contributed by atoms with Gasteiger partial charge >= 0.3 is 6.09 Å². The summed E-state index contributed by atoms with van der Waals surface area (Å²) in [6, 6.07) is 5.01. The van der Waals surface area contributed by atoms with Crippen molar-refractivity contribution in [2.24, 2.45) is 5.11 Å². The fraction of sp³-hybridized carbons (Fsp3) is 0.364. The minimum Gasteiger partial charge on any atom is -0.444 e. The Labute approximate surface area is 137 Å². The second-order valence-electron chi connectivity index (χ2n) is 4.88. The Morgan fingerprint density at radius 2 is 1.96 bits per heavy atom. The topological polar surface area (TPSA) is 159 Å². The molecule has 0 aliphatic carbocycles. The number of nitrogens with zero attached hydrogens (tertiary/aromatic N) is 4. The van der Waals surface area contributed by atoms with Crippen molar-refractivity contribution in [2.45, 2.75) is 11.0 Å². The summed E-state index contributed by atoms with van der Waals surface area (Å²) in [6.07, 6.45) is -0.523. The Morgan fingerprint density at radius 1 is 1.33 bits per heavy atom. The molecule has 130 valence electrons. The van der Waals surface area contributed by atoms with E-state index in [4.69, 9.17) is 10.3 Å². The lowest BCUT2D eigenvalue weighted by atomic mass is 10.3. The minimum atomic E-state index is -4.22. The maximum Gasteiger partial charge on any atom is 0.414 e. The van der Waals surface area contributed by atoms with Crippen LogP contribution in [0.25, 0.3) is 10.4 Å². The standard InChI is InChI=1S/C11H13N5O6S2/c1-23(18,19)15-24(20,21)10-4-2-8(3-5-10)16-7-9(6-13-14-12)22-11(16)17/h2-5,9,15H,6-7H2,1H3/t9-/m0/s1. The van der Waals surface area contributed by atoms with E-state index in [0.29, 0.717) is 5.69 Å². The van der Waals surface area contributed by atoms with Crippen LogP contribution in [0.1, 0.15) is 0 Å². The summed E-state index contributed by atoms with van der Waals surface area (Å²) in [7, 11) is -8.17. The number of benzene rings is 1. The Kier molecular flexibility index (Phi) is 4.99. The Hall–Kier alpha value is -2.34. The molecular weight excluding hydrogens is 362 g/mol. The van der Waals surface area contributed by atoms with Crippen molar-refractivity contribution < 1.29 is 26.4 Å². The van der Waals surface area contributed by atoms with Crippen LogP contribution in [0.5, 0.6) is 0 Å². The molecule has 1 amide bonds. The van der Waals surface area contributed by atoms with Gasteiger partial charge in [-0.25, -0.2) is 21.6 Å². The first-order valence-corrected chi connectivity index (χ1v) is 9.82. The number of amides is 1. The first kappa shape index (κ1) is 18.0. The zero-order valence-electron chi connectivity index (χ0n) is 12.4. The third-order valence-corrected chi connectivity index (χ3v) is 5.92. The fourth-order valence-electron chi connectivity index (χ4n) is 2.01. The van der Waals surface area contributed by atoms with Crippen molar-refractivity contribution in [3.8, 4) is 0 Å². The number of rotatable bonds is 6. The average molecular weight is 375 g/mol. The average Bonchev–Trinajstić information content (AvgIpc) is 2.84. The first-order chi connectivity index (χ1) is 11.1. The highest BCUT2D eigenvalue weighted by Gasteiger charge is 2.32. The smallest absolute Gasteiger partial charge is 0.414 e. The van der Waals surface area contributed by atoms with E-state index in [1.54, 1.807) is 0 Å². The monoisotopic (exact) mass is 375 g/mol.